The first-order valence-corrected chi connectivity index (χ1v) is 10.3. The minimum Gasteiger partial charge on any atom is -0.487 e. The van der Waals surface area contributed by atoms with E-state index in [0.717, 1.165) is 18.4 Å². The van der Waals surface area contributed by atoms with Crippen LogP contribution in [0.4, 0.5) is 5.69 Å². The summed E-state index contributed by atoms with van der Waals surface area (Å²) in [5, 5.41) is 10.8. The van der Waals surface area contributed by atoms with Gasteiger partial charge in [-0.2, -0.15) is 0 Å². The van der Waals surface area contributed by atoms with Crippen LogP contribution in [0.25, 0.3) is 0 Å². The second kappa shape index (κ2) is 7.28. The van der Waals surface area contributed by atoms with Gasteiger partial charge in [0, 0.05) is 24.1 Å². The molecule has 2 aromatic rings. The van der Waals surface area contributed by atoms with Crippen molar-refractivity contribution in [3.8, 4) is 5.75 Å². The average Bonchev–Trinajstić information content (AvgIpc) is 2.67. The maximum atomic E-state index is 12.9. The third-order valence-electron chi connectivity index (χ3n) is 5.14. The Morgan fingerprint density at radius 1 is 1.15 bits per heavy atom. The zero-order chi connectivity index (χ0) is 19.7. The first-order chi connectivity index (χ1) is 12.8. The van der Waals surface area contributed by atoms with Crippen molar-refractivity contribution in [2.24, 2.45) is 0 Å². The third kappa shape index (κ3) is 3.81. The average molecular weight is 390 g/mol. The summed E-state index contributed by atoms with van der Waals surface area (Å²) < 4.78 is 34.7. The number of non-ortho nitro benzene ring substituents is 1. The third-order valence-corrected chi connectivity index (χ3v) is 6.63. The number of nitro benzene ring substituents is 1. The van der Waals surface area contributed by atoms with Crippen LogP contribution in [0.2, 0.25) is 0 Å². The van der Waals surface area contributed by atoms with E-state index in [9.17, 15) is 18.5 Å². The van der Waals surface area contributed by atoms with E-state index < -0.39 is 26.6 Å². The summed E-state index contributed by atoms with van der Waals surface area (Å²) in [6.07, 6.45) is 2.03. The van der Waals surface area contributed by atoms with Crippen LogP contribution in [0.5, 0.6) is 5.75 Å². The molecule has 1 aliphatic heterocycles. The molecule has 27 heavy (non-hydrogen) atoms. The van der Waals surface area contributed by atoms with Crippen LogP contribution in [0, 0.1) is 10.1 Å². The van der Waals surface area contributed by atoms with Crippen LogP contribution in [-0.4, -0.2) is 18.9 Å². The summed E-state index contributed by atoms with van der Waals surface area (Å²) in [7, 11) is -3.84. The molecule has 144 valence electrons. The van der Waals surface area contributed by atoms with Gasteiger partial charge in [-0.3, -0.25) is 10.1 Å². The highest BCUT2D eigenvalue weighted by molar-refractivity contribution is 7.89. The van der Waals surface area contributed by atoms with Gasteiger partial charge in [-0.1, -0.05) is 32.0 Å². The molecule has 7 nitrogen and oxygen atoms in total. The number of sulfonamides is 1. The van der Waals surface area contributed by atoms with E-state index in [1.807, 2.05) is 38.1 Å². The zero-order valence-corrected chi connectivity index (χ0v) is 16.0. The maximum absolute atomic E-state index is 12.9. The fourth-order valence-electron chi connectivity index (χ4n) is 3.41. The molecule has 1 aliphatic rings. The van der Waals surface area contributed by atoms with E-state index in [1.165, 1.54) is 24.3 Å². The summed E-state index contributed by atoms with van der Waals surface area (Å²) in [5.41, 5.74) is 0.207. The van der Waals surface area contributed by atoms with Crippen molar-refractivity contribution < 1.29 is 18.1 Å². The quantitative estimate of drug-likeness (QED) is 0.595. The normalized spacial score (nSPS) is 18.4. The second-order valence-corrected chi connectivity index (χ2v) is 8.37. The number of rotatable bonds is 6. The van der Waals surface area contributed by atoms with Crippen LogP contribution >= 0.6 is 0 Å². The van der Waals surface area contributed by atoms with Crippen molar-refractivity contribution in [1.29, 1.82) is 0 Å². The molecule has 1 heterocycles. The van der Waals surface area contributed by atoms with Gasteiger partial charge in [-0.05, 0) is 31.0 Å². The molecule has 0 aromatic heterocycles. The molecule has 1 N–H and O–H groups in total. The highest BCUT2D eigenvalue weighted by Gasteiger charge is 2.40. The fourth-order valence-corrected chi connectivity index (χ4v) is 4.62. The molecule has 0 saturated carbocycles. The van der Waals surface area contributed by atoms with Crippen LogP contribution in [0.15, 0.2) is 53.4 Å². The lowest BCUT2D eigenvalue weighted by Crippen LogP contribution is -2.44. The van der Waals surface area contributed by atoms with Crippen LogP contribution in [-0.2, 0) is 10.0 Å². The van der Waals surface area contributed by atoms with Crippen molar-refractivity contribution in [3.05, 3.63) is 64.2 Å². The minimum absolute atomic E-state index is 0.00401. The number of nitro groups is 1. The van der Waals surface area contributed by atoms with Gasteiger partial charge in [0.2, 0.25) is 10.0 Å². The molecule has 2 aromatic carbocycles. The topological polar surface area (TPSA) is 98.5 Å². The predicted molar refractivity (Wildman–Crippen MR) is 101 cm³/mol. The van der Waals surface area contributed by atoms with Crippen LogP contribution < -0.4 is 9.46 Å². The van der Waals surface area contributed by atoms with Crippen molar-refractivity contribution in [2.75, 3.05) is 0 Å². The summed E-state index contributed by atoms with van der Waals surface area (Å²) in [6, 6.07) is 11.9. The molecule has 0 aliphatic carbocycles. The fraction of sp³-hybridized carbons (Fsp3) is 0.368. The van der Waals surface area contributed by atoms with E-state index in [1.54, 1.807) is 0 Å². The smallest absolute Gasteiger partial charge is 0.269 e. The summed E-state index contributed by atoms with van der Waals surface area (Å²) in [4.78, 5) is 10.2. The Morgan fingerprint density at radius 3 is 2.37 bits per heavy atom. The Balaban J connectivity index is 1.94. The minimum atomic E-state index is -3.84. The monoisotopic (exact) mass is 390 g/mol. The number of nitrogens with one attached hydrogen (secondary N) is 1. The summed E-state index contributed by atoms with van der Waals surface area (Å²) in [6.45, 7) is 4.05. The molecule has 0 radical (unpaired) electrons. The summed E-state index contributed by atoms with van der Waals surface area (Å²) >= 11 is 0. The Bertz CT molecular complexity index is 937. The molecule has 0 saturated heterocycles. The number of hydrogen-bond acceptors (Lipinski definition) is 5. The molecular weight excluding hydrogens is 368 g/mol. The predicted octanol–water partition coefficient (Wildman–Crippen LogP) is 3.96. The van der Waals surface area contributed by atoms with Gasteiger partial charge in [0.1, 0.15) is 11.4 Å². The first kappa shape index (κ1) is 19.3. The van der Waals surface area contributed by atoms with Gasteiger partial charge >= 0.3 is 0 Å². The van der Waals surface area contributed by atoms with Crippen molar-refractivity contribution in [2.45, 2.75) is 49.6 Å². The standard InChI is InChI=1S/C19H22N2O5S/c1-3-19(4-2)13-17(16-7-5-6-8-18(16)26-19)20-27(24,25)15-11-9-14(10-12-15)21(22)23/h5-12,17,20H,3-4,13H2,1-2H3/t17-/m1/s1. The molecule has 0 unspecified atom stereocenters. The van der Waals surface area contributed by atoms with E-state index >= 15 is 0 Å². The second-order valence-electron chi connectivity index (χ2n) is 6.66. The largest absolute Gasteiger partial charge is 0.487 e. The van der Waals surface area contributed by atoms with Gasteiger partial charge in [0.25, 0.3) is 5.69 Å². The number of nitrogens with zero attached hydrogens (tertiary/aromatic N) is 1. The Morgan fingerprint density at radius 2 is 1.78 bits per heavy atom. The van der Waals surface area contributed by atoms with Crippen LogP contribution in [0.3, 0.4) is 0 Å². The SMILES string of the molecule is CCC1(CC)C[C@@H](NS(=O)(=O)c2ccc([N+](=O)[O-])cc2)c2ccccc2O1. The van der Waals surface area contributed by atoms with Crippen molar-refractivity contribution >= 4 is 15.7 Å². The summed E-state index contributed by atoms with van der Waals surface area (Å²) in [5.74, 6) is 0.684. The maximum Gasteiger partial charge on any atom is 0.269 e. The zero-order valence-electron chi connectivity index (χ0n) is 15.2. The van der Waals surface area contributed by atoms with Crippen LogP contribution in [0.1, 0.15) is 44.7 Å². The molecule has 0 bridgehead atoms. The molecule has 0 spiro atoms. The van der Waals surface area contributed by atoms with Gasteiger partial charge in [0.15, 0.2) is 0 Å². The number of ether oxygens (including phenoxy) is 1. The Hall–Kier alpha value is -2.45. The van der Waals surface area contributed by atoms with E-state index in [0.29, 0.717) is 12.2 Å². The molecule has 8 heteroatoms. The van der Waals surface area contributed by atoms with Gasteiger partial charge in [-0.25, -0.2) is 13.1 Å². The first-order valence-electron chi connectivity index (χ1n) is 8.85. The van der Waals surface area contributed by atoms with E-state index in [4.69, 9.17) is 4.74 Å². The van der Waals surface area contributed by atoms with Crippen molar-refractivity contribution in [3.63, 3.8) is 0 Å². The molecule has 0 amide bonds. The molecule has 1 atom stereocenters. The van der Waals surface area contributed by atoms with Gasteiger partial charge in [0.05, 0.1) is 15.9 Å². The van der Waals surface area contributed by atoms with Crippen molar-refractivity contribution in [1.82, 2.24) is 4.72 Å². The lowest BCUT2D eigenvalue weighted by Gasteiger charge is -2.41. The number of hydrogen-bond donors (Lipinski definition) is 1. The number of benzene rings is 2. The lowest BCUT2D eigenvalue weighted by molar-refractivity contribution is -0.384. The molecule has 3 rings (SSSR count). The van der Waals surface area contributed by atoms with E-state index in [2.05, 4.69) is 4.72 Å². The van der Waals surface area contributed by atoms with Gasteiger partial charge < -0.3 is 4.74 Å². The van der Waals surface area contributed by atoms with Gasteiger partial charge in [-0.15, -0.1) is 0 Å². The number of para-hydroxylation sites is 1. The Kier molecular flexibility index (Phi) is 5.21. The Labute approximate surface area is 158 Å². The number of fused-ring (bicyclic) bond motifs is 1. The highest BCUT2D eigenvalue weighted by atomic mass is 32.2. The van der Waals surface area contributed by atoms with E-state index in [-0.39, 0.29) is 10.6 Å². The highest BCUT2D eigenvalue weighted by Crippen LogP contribution is 2.43. The molecular formula is C19H22N2O5S. The molecule has 0 fully saturated rings. The lowest BCUT2D eigenvalue weighted by atomic mass is 9.84.